The second-order valence-electron chi connectivity index (χ2n) is 9.36. The molecule has 0 bridgehead atoms. The third-order valence-electron chi connectivity index (χ3n) is 5.97. The van der Waals surface area contributed by atoms with E-state index in [9.17, 15) is 18.0 Å². The molecule has 3 aromatic rings. The number of nitrogens with one attached hydrogen (secondary N) is 1. The summed E-state index contributed by atoms with van der Waals surface area (Å²) in [5, 5.41) is 3.89. The summed E-state index contributed by atoms with van der Waals surface area (Å²) in [5.74, 6) is -0.958. The lowest BCUT2D eigenvalue weighted by molar-refractivity contribution is -0.139. The number of rotatable bonds is 10. The average molecular weight is 611 g/mol. The molecule has 39 heavy (non-hydrogen) atoms. The fraction of sp³-hybridized carbons (Fsp3) is 0.286. The number of amides is 2. The van der Waals surface area contributed by atoms with E-state index in [0.29, 0.717) is 31.9 Å². The Morgan fingerprint density at radius 2 is 1.56 bits per heavy atom. The minimum atomic E-state index is -4.16. The van der Waals surface area contributed by atoms with Crippen LogP contribution in [0, 0.1) is 6.92 Å². The summed E-state index contributed by atoms with van der Waals surface area (Å²) >= 11 is 18.4. The first-order valence-electron chi connectivity index (χ1n) is 12.2. The molecule has 0 aliphatic rings. The molecule has 0 saturated heterocycles. The van der Waals surface area contributed by atoms with E-state index >= 15 is 0 Å². The van der Waals surface area contributed by atoms with E-state index in [-0.39, 0.29) is 23.4 Å². The molecule has 1 atom stereocenters. The maximum Gasteiger partial charge on any atom is 0.264 e. The zero-order chi connectivity index (χ0) is 28.9. The van der Waals surface area contributed by atoms with Crippen LogP contribution in [0.4, 0.5) is 5.69 Å². The summed E-state index contributed by atoms with van der Waals surface area (Å²) in [6, 6.07) is 16.4. The van der Waals surface area contributed by atoms with Crippen LogP contribution in [0.2, 0.25) is 15.1 Å². The highest BCUT2D eigenvalue weighted by Gasteiger charge is 2.33. The molecule has 208 valence electrons. The van der Waals surface area contributed by atoms with Gasteiger partial charge in [-0.05, 0) is 81.3 Å². The van der Waals surface area contributed by atoms with Crippen molar-refractivity contribution in [2.45, 2.75) is 51.2 Å². The molecule has 0 unspecified atom stereocenters. The first kappa shape index (κ1) is 30.8. The zero-order valence-electron chi connectivity index (χ0n) is 22.0. The van der Waals surface area contributed by atoms with Crippen LogP contribution in [-0.2, 0) is 26.2 Å². The van der Waals surface area contributed by atoms with Gasteiger partial charge in [0.15, 0.2) is 0 Å². The Morgan fingerprint density at radius 1 is 0.897 bits per heavy atom. The van der Waals surface area contributed by atoms with Crippen molar-refractivity contribution in [3.05, 3.63) is 92.9 Å². The number of sulfonamides is 1. The highest BCUT2D eigenvalue weighted by molar-refractivity contribution is 7.92. The Balaban J connectivity index is 2.07. The Kier molecular flexibility index (Phi) is 10.3. The molecule has 0 aromatic heterocycles. The van der Waals surface area contributed by atoms with Crippen LogP contribution in [0.15, 0.2) is 71.6 Å². The summed E-state index contributed by atoms with van der Waals surface area (Å²) in [6.07, 6.45) is 0. The molecule has 0 saturated carbocycles. The summed E-state index contributed by atoms with van der Waals surface area (Å²) in [6.45, 7) is 6.38. The first-order valence-corrected chi connectivity index (χ1v) is 14.8. The van der Waals surface area contributed by atoms with Crippen LogP contribution in [-0.4, -0.2) is 43.8 Å². The van der Waals surface area contributed by atoms with Gasteiger partial charge in [0, 0.05) is 17.6 Å². The van der Waals surface area contributed by atoms with Gasteiger partial charge in [0.25, 0.3) is 10.0 Å². The maximum absolute atomic E-state index is 13.9. The number of anilines is 1. The maximum atomic E-state index is 13.9. The van der Waals surface area contributed by atoms with E-state index < -0.39 is 28.5 Å². The van der Waals surface area contributed by atoms with Gasteiger partial charge in [-0.15, -0.1) is 0 Å². The number of aryl methyl sites for hydroxylation is 1. The summed E-state index contributed by atoms with van der Waals surface area (Å²) in [4.78, 5) is 28.3. The van der Waals surface area contributed by atoms with Crippen LogP contribution in [0.1, 0.15) is 31.9 Å². The lowest BCUT2D eigenvalue weighted by Crippen LogP contribution is -2.52. The average Bonchev–Trinajstić information content (AvgIpc) is 2.87. The van der Waals surface area contributed by atoms with Gasteiger partial charge >= 0.3 is 0 Å². The van der Waals surface area contributed by atoms with Gasteiger partial charge in [0.2, 0.25) is 11.8 Å². The van der Waals surface area contributed by atoms with E-state index in [1.165, 1.54) is 17.0 Å². The molecule has 0 aliphatic carbocycles. The SMILES string of the molecule is Cc1cc(Cl)ccc1N(CC(=O)N(Cc1ccc(Cl)c(Cl)c1)[C@@H](C)C(=O)NC(C)C)S(=O)(=O)c1ccccc1. The van der Waals surface area contributed by atoms with Gasteiger partial charge in [0.05, 0.1) is 20.6 Å². The van der Waals surface area contributed by atoms with Crippen LogP contribution >= 0.6 is 34.8 Å². The molecule has 1 N–H and O–H groups in total. The number of carbonyl (C=O) groups is 2. The molecule has 3 aromatic carbocycles. The molecule has 0 heterocycles. The molecule has 0 spiro atoms. The van der Waals surface area contributed by atoms with Crippen LogP contribution in [0.25, 0.3) is 0 Å². The van der Waals surface area contributed by atoms with E-state index in [0.717, 1.165) is 4.31 Å². The standard InChI is InChI=1S/C28H30Cl3N3O4S/c1-18(2)32-28(36)20(4)33(16-21-10-12-24(30)25(31)15-21)27(35)17-34(26-13-11-22(29)14-19(26)3)39(37,38)23-8-6-5-7-9-23/h5-15,18,20H,16-17H2,1-4H3,(H,32,36)/t20-/m0/s1. The number of hydrogen-bond acceptors (Lipinski definition) is 4. The fourth-order valence-corrected chi connectivity index (χ4v) is 6.00. The van der Waals surface area contributed by atoms with Crippen LogP contribution in [0.3, 0.4) is 0 Å². The highest BCUT2D eigenvalue weighted by atomic mass is 35.5. The number of hydrogen-bond donors (Lipinski definition) is 1. The smallest absolute Gasteiger partial charge is 0.264 e. The van der Waals surface area contributed by atoms with Crippen molar-refractivity contribution < 1.29 is 18.0 Å². The molecule has 0 fully saturated rings. The minimum Gasteiger partial charge on any atom is -0.352 e. The van der Waals surface area contributed by atoms with Gasteiger partial charge in [-0.25, -0.2) is 8.42 Å². The first-order chi connectivity index (χ1) is 18.3. The number of carbonyl (C=O) groups excluding carboxylic acids is 2. The van der Waals surface area contributed by atoms with Crippen molar-refractivity contribution in [2.75, 3.05) is 10.8 Å². The topological polar surface area (TPSA) is 86.8 Å². The highest BCUT2D eigenvalue weighted by Crippen LogP contribution is 2.30. The quantitative estimate of drug-likeness (QED) is 0.301. The summed E-state index contributed by atoms with van der Waals surface area (Å²) in [5.41, 5.74) is 1.49. The fourth-order valence-electron chi connectivity index (χ4n) is 3.95. The Bertz CT molecular complexity index is 1450. The Labute approximate surface area is 244 Å². The largest absolute Gasteiger partial charge is 0.352 e. The van der Waals surface area contributed by atoms with Crippen molar-refractivity contribution in [2.24, 2.45) is 0 Å². The summed E-state index contributed by atoms with van der Waals surface area (Å²) < 4.78 is 28.7. The van der Waals surface area contributed by atoms with Gasteiger partial charge < -0.3 is 10.2 Å². The van der Waals surface area contributed by atoms with Gasteiger partial charge in [-0.3, -0.25) is 13.9 Å². The van der Waals surface area contributed by atoms with Crippen molar-refractivity contribution in [1.82, 2.24) is 10.2 Å². The number of nitrogens with zero attached hydrogens (tertiary/aromatic N) is 2. The van der Waals surface area contributed by atoms with Crippen LogP contribution in [0.5, 0.6) is 0 Å². The van der Waals surface area contributed by atoms with Crippen molar-refractivity contribution >= 4 is 62.3 Å². The third kappa shape index (κ3) is 7.66. The molecule has 7 nitrogen and oxygen atoms in total. The van der Waals surface area contributed by atoms with E-state index in [4.69, 9.17) is 34.8 Å². The minimum absolute atomic E-state index is 0.00122. The third-order valence-corrected chi connectivity index (χ3v) is 8.72. The Morgan fingerprint density at radius 3 is 2.15 bits per heavy atom. The van der Waals surface area contributed by atoms with Crippen molar-refractivity contribution in [1.29, 1.82) is 0 Å². The molecule has 2 amide bonds. The molecular formula is C28H30Cl3N3O4S. The lowest BCUT2D eigenvalue weighted by atomic mass is 10.1. The molecule has 11 heteroatoms. The lowest BCUT2D eigenvalue weighted by Gasteiger charge is -2.32. The monoisotopic (exact) mass is 609 g/mol. The van der Waals surface area contributed by atoms with Crippen molar-refractivity contribution in [3.63, 3.8) is 0 Å². The van der Waals surface area contributed by atoms with Gasteiger partial charge in [0.1, 0.15) is 12.6 Å². The molecule has 0 radical (unpaired) electrons. The zero-order valence-corrected chi connectivity index (χ0v) is 25.1. The number of halogens is 3. The Hall–Kier alpha value is -2.78. The second-order valence-corrected chi connectivity index (χ2v) is 12.5. The molecular weight excluding hydrogens is 581 g/mol. The number of benzene rings is 3. The molecule has 3 rings (SSSR count). The predicted octanol–water partition coefficient (Wildman–Crippen LogP) is 6.09. The van der Waals surface area contributed by atoms with E-state index in [1.54, 1.807) is 68.4 Å². The molecule has 0 aliphatic heterocycles. The van der Waals surface area contributed by atoms with Gasteiger partial charge in [-0.2, -0.15) is 0 Å². The predicted molar refractivity (Wildman–Crippen MR) is 157 cm³/mol. The normalized spacial score (nSPS) is 12.2. The second kappa shape index (κ2) is 13.0. The van der Waals surface area contributed by atoms with E-state index in [1.807, 2.05) is 13.8 Å². The van der Waals surface area contributed by atoms with Gasteiger partial charge in [-0.1, -0.05) is 59.1 Å². The van der Waals surface area contributed by atoms with E-state index in [2.05, 4.69) is 5.32 Å². The summed E-state index contributed by atoms with van der Waals surface area (Å²) in [7, 11) is -4.16. The van der Waals surface area contributed by atoms with Crippen LogP contribution < -0.4 is 9.62 Å². The van der Waals surface area contributed by atoms with Crippen molar-refractivity contribution in [3.8, 4) is 0 Å².